The quantitative estimate of drug-likeness (QED) is 0.682. The SMILES string of the molecule is C=C(C)[C@H]1CN2C(=O)N(c3ccccc3)C(=O)[C@@H]2[C@H]1CC(=O)O. The number of hydrogen-bond donors (Lipinski definition) is 1. The summed E-state index contributed by atoms with van der Waals surface area (Å²) in [6, 6.07) is 7.60. The van der Waals surface area contributed by atoms with Crippen LogP contribution in [0.25, 0.3) is 0 Å². The summed E-state index contributed by atoms with van der Waals surface area (Å²) < 4.78 is 0. The molecule has 3 amide bonds. The number of anilines is 1. The van der Waals surface area contributed by atoms with E-state index in [1.807, 2.05) is 6.92 Å². The van der Waals surface area contributed by atoms with Gasteiger partial charge in [-0.25, -0.2) is 9.69 Å². The van der Waals surface area contributed by atoms with Crippen molar-refractivity contribution in [3.63, 3.8) is 0 Å². The molecule has 2 fully saturated rings. The van der Waals surface area contributed by atoms with Crippen molar-refractivity contribution >= 4 is 23.6 Å². The summed E-state index contributed by atoms with van der Waals surface area (Å²) in [6.45, 7) is 6.04. The van der Waals surface area contributed by atoms with Gasteiger partial charge in [-0.1, -0.05) is 30.4 Å². The Hall–Kier alpha value is -2.63. The lowest BCUT2D eigenvalue weighted by atomic mass is 9.83. The molecule has 0 unspecified atom stereocenters. The molecule has 1 aromatic rings. The smallest absolute Gasteiger partial charge is 0.332 e. The van der Waals surface area contributed by atoms with Crippen LogP contribution in [0.1, 0.15) is 13.3 Å². The molecule has 0 spiro atoms. The molecule has 2 heterocycles. The molecule has 1 aromatic carbocycles. The summed E-state index contributed by atoms with van der Waals surface area (Å²) >= 11 is 0. The van der Waals surface area contributed by atoms with Crippen LogP contribution < -0.4 is 4.90 Å². The number of hydrogen-bond acceptors (Lipinski definition) is 3. The second kappa shape index (κ2) is 5.53. The van der Waals surface area contributed by atoms with Crippen molar-refractivity contribution in [2.75, 3.05) is 11.4 Å². The summed E-state index contributed by atoms with van der Waals surface area (Å²) in [5.74, 6) is -1.92. The Balaban J connectivity index is 1.96. The number of benzene rings is 1. The largest absolute Gasteiger partial charge is 0.481 e. The maximum absolute atomic E-state index is 12.8. The number of nitrogens with zero attached hydrogens (tertiary/aromatic N) is 2. The molecule has 2 saturated heterocycles. The highest BCUT2D eigenvalue weighted by molar-refractivity contribution is 6.21. The third kappa shape index (κ3) is 2.40. The second-order valence-electron chi connectivity index (χ2n) is 6.10. The molecule has 2 aliphatic heterocycles. The van der Waals surface area contributed by atoms with Crippen molar-refractivity contribution in [1.29, 1.82) is 0 Å². The molecule has 0 bridgehead atoms. The predicted molar refractivity (Wildman–Crippen MR) is 83.9 cm³/mol. The van der Waals surface area contributed by atoms with E-state index in [1.54, 1.807) is 30.3 Å². The van der Waals surface area contributed by atoms with Gasteiger partial charge in [0.15, 0.2) is 0 Å². The zero-order valence-electron chi connectivity index (χ0n) is 12.8. The van der Waals surface area contributed by atoms with Crippen LogP contribution in [0.2, 0.25) is 0 Å². The Morgan fingerprint density at radius 3 is 2.52 bits per heavy atom. The fourth-order valence-electron chi connectivity index (χ4n) is 3.57. The Kier molecular flexibility index (Phi) is 3.67. The molecule has 3 rings (SSSR count). The molecule has 0 aliphatic carbocycles. The number of imide groups is 1. The second-order valence-corrected chi connectivity index (χ2v) is 6.10. The summed E-state index contributed by atoms with van der Waals surface area (Å²) in [5, 5.41) is 9.17. The van der Waals surface area contributed by atoms with Crippen molar-refractivity contribution in [2.45, 2.75) is 19.4 Å². The van der Waals surface area contributed by atoms with Gasteiger partial charge in [0.05, 0.1) is 12.1 Å². The van der Waals surface area contributed by atoms with Gasteiger partial charge < -0.3 is 10.0 Å². The lowest BCUT2D eigenvalue weighted by Gasteiger charge is -2.22. The van der Waals surface area contributed by atoms with E-state index < -0.39 is 17.9 Å². The zero-order chi connectivity index (χ0) is 16.7. The van der Waals surface area contributed by atoms with Gasteiger partial charge in [-0.15, -0.1) is 0 Å². The zero-order valence-corrected chi connectivity index (χ0v) is 12.8. The fourth-order valence-corrected chi connectivity index (χ4v) is 3.57. The van der Waals surface area contributed by atoms with E-state index in [1.165, 1.54) is 4.90 Å². The molecular weight excluding hydrogens is 296 g/mol. The summed E-state index contributed by atoms with van der Waals surface area (Å²) in [6.07, 6.45) is -0.152. The van der Waals surface area contributed by atoms with E-state index in [9.17, 15) is 19.5 Å². The van der Waals surface area contributed by atoms with Gasteiger partial charge in [-0.2, -0.15) is 0 Å². The van der Waals surface area contributed by atoms with Crippen molar-refractivity contribution in [3.8, 4) is 0 Å². The lowest BCUT2D eigenvalue weighted by Crippen LogP contribution is -2.37. The molecule has 1 N–H and O–H groups in total. The van der Waals surface area contributed by atoms with Gasteiger partial charge in [0.1, 0.15) is 6.04 Å². The maximum atomic E-state index is 12.8. The van der Waals surface area contributed by atoms with Gasteiger partial charge in [0.25, 0.3) is 5.91 Å². The van der Waals surface area contributed by atoms with Gasteiger partial charge >= 0.3 is 12.0 Å². The van der Waals surface area contributed by atoms with Crippen LogP contribution in [0, 0.1) is 11.8 Å². The Morgan fingerprint density at radius 2 is 1.96 bits per heavy atom. The average molecular weight is 314 g/mol. The molecule has 120 valence electrons. The minimum atomic E-state index is -0.971. The van der Waals surface area contributed by atoms with Crippen molar-refractivity contribution < 1.29 is 19.5 Å². The van der Waals surface area contributed by atoms with Crippen LogP contribution >= 0.6 is 0 Å². The number of para-hydroxylation sites is 1. The number of aliphatic carboxylic acids is 1. The minimum Gasteiger partial charge on any atom is -0.481 e. The Morgan fingerprint density at radius 1 is 1.30 bits per heavy atom. The van der Waals surface area contributed by atoms with Crippen LogP contribution in [0.15, 0.2) is 42.5 Å². The fraction of sp³-hybridized carbons (Fsp3) is 0.353. The molecule has 6 heteroatoms. The molecule has 2 aliphatic rings. The number of fused-ring (bicyclic) bond motifs is 1. The Labute approximate surface area is 134 Å². The summed E-state index contributed by atoms with van der Waals surface area (Å²) in [4.78, 5) is 39.3. The van der Waals surface area contributed by atoms with Crippen LogP contribution in [-0.2, 0) is 9.59 Å². The number of carboxylic acid groups (broad SMARTS) is 1. The standard InChI is InChI=1S/C17H18N2O4/c1-10(2)13-9-18-15(12(13)8-14(20)21)16(22)19(17(18)23)11-6-4-3-5-7-11/h3-7,12-13,15H,1,8-9H2,2H3,(H,20,21)/t12-,13+,15-/m0/s1. The number of rotatable bonds is 4. The molecule has 0 saturated carbocycles. The highest BCUT2D eigenvalue weighted by Gasteiger charge is 2.56. The number of urea groups is 1. The van der Waals surface area contributed by atoms with Gasteiger partial charge in [-0.3, -0.25) is 9.59 Å². The summed E-state index contributed by atoms with van der Waals surface area (Å²) in [5.41, 5.74) is 1.32. The predicted octanol–water partition coefficient (Wildman–Crippen LogP) is 2.12. The maximum Gasteiger partial charge on any atom is 0.332 e. The van der Waals surface area contributed by atoms with Crippen molar-refractivity contribution in [3.05, 3.63) is 42.5 Å². The third-order valence-corrected chi connectivity index (χ3v) is 4.62. The highest BCUT2D eigenvalue weighted by atomic mass is 16.4. The van der Waals surface area contributed by atoms with Gasteiger partial charge in [0, 0.05) is 18.4 Å². The van der Waals surface area contributed by atoms with E-state index in [2.05, 4.69) is 6.58 Å². The van der Waals surface area contributed by atoms with E-state index in [4.69, 9.17) is 0 Å². The average Bonchev–Trinajstić information content (AvgIpc) is 2.97. The first-order valence-corrected chi connectivity index (χ1v) is 7.48. The first-order chi connectivity index (χ1) is 10.9. The summed E-state index contributed by atoms with van der Waals surface area (Å²) in [7, 11) is 0. The van der Waals surface area contributed by atoms with Crippen molar-refractivity contribution in [2.24, 2.45) is 11.8 Å². The third-order valence-electron chi connectivity index (χ3n) is 4.62. The number of carboxylic acids is 1. The minimum absolute atomic E-state index is 0.152. The number of amides is 3. The van der Waals surface area contributed by atoms with E-state index >= 15 is 0 Å². The topological polar surface area (TPSA) is 77.9 Å². The van der Waals surface area contributed by atoms with Gasteiger partial charge in [-0.05, 0) is 19.1 Å². The van der Waals surface area contributed by atoms with Crippen LogP contribution in [0.3, 0.4) is 0 Å². The molecule has 6 nitrogen and oxygen atoms in total. The first kappa shape index (κ1) is 15.3. The lowest BCUT2D eigenvalue weighted by molar-refractivity contribution is -0.138. The molecule has 0 radical (unpaired) electrons. The number of carbonyl (C=O) groups is 3. The van der Waals surface area contributed by atoms with Crippen molar-refractivity contribution in [1.82, 2.24) is 4.90 Å². The van der Waals surface area contributed by atoms with E-state index in [0.717, 1.165) is 10.5 Å². The molecule has 0 aromatic heterocycles. The monoisotopic (exact) mass is 314 g/mol. The Bertz CT molecular complexity index is 685. The number of carbonyl (C=O) groups excluding carboxylic acids is 2. The van der Waals surface area contributed by atoms with Crippen LogP contribution in [0.5, 0.6) is 0 Å². The van der Waals surface area contributed by atoms with Gasteiger partial charge in [0.2, 0.25) is 0 Å². The first-order valence-electron chi connectivity index (χ1n) is 7.48. The highest BCUT2D eigenvalue weighted by Crippen LogP contribution is 2.42. The van der Waals surface area contributed by atoms with E-state index in [-0.39, 0.29) is 24.3 Å². The molecule has 23 heavy (non-hydrogen) atoms. The normalized spacial score (nSPS) is 26.6. The van der Waals surface area contributed by atoms with Crippen LogP contribution in [-0.4, -0.2) is 40.5 Å². The molecule has 3 atom stereocenters. The molecular formula is C17H18N2O4. The van der Waals surface area contributed by atoms with E-state index in [0.29, 0.717) is 12.2 Å². The van der Waals surface area contributed by atoms with Crippen LogP contribution in [0.4, 0.5) is 10.5 Å².